The third-order valence-electron chi connectivity index (χ3n) is 5.65. The Labute approximate surface area is 165 Å². The molecule has 1 heteroatoms. The van der Waals surface area contributed by atoms with Gasteiger partial charge in [0.05, 0.1) is 0 Å². The van der Waals surface area contributed by atoms with Gasteiger partial charge in [0.25, 0.3) is 0 Å². The smallest absolute Gasteiger partial charge is 0.178 e. The van der Waals surface area contributed by atoms with Crippen molar-refractivity contribution in [3.05, 3.63) is 119 Å². The Morgan fingerprint density at radius 1 is 0.643 bits per heavy atom. The molecule has 4 aromatic rings. The summed E-state index contributed by atoms with van der Waals surface area (Å²) in [5, 5.41) is 2.45. The molecule has 0 fully saturated rings. The van der Waals surface area contributed by atoms with Crippen molar-refractivity contribution < 1.29 is 4.74 Å². The van der Waals surface area contributed by atoms with E-state index >= 15 is 0 Å². The van der Waals surface area contributed by atoms with Crippen molar-refractivity contribution in [3.8, 4) is 5.75 Å². The standard InChI is InChI=1S/C27H22O/c1-19-7-12-22(13-8-19)27(23-14-9-20(2)10-15-23)18-17-25-24-6-4-3-5-21(24)11-16-26(25)28-27/h3-18H,1-2H3. The highest BCUT2D eigenvalue weighted by atomic mass is 16.5. The summed E-state index contributed by atoms with van der Waals surface area (Å²) in [5.74, 6) is 0.919. The third kappa shape index (κ3) is 2.63. The summed E-state index contributed by atoms with van der Waals surface area (Å²) in [6.07, 6.45) is 4.43. The van der Waals surface area contributed by atoms with Crippen molar-refractivity contribution in [3.63, 3.8) is 0 Å². The lowest BCUT2D eigenvalue weighted by molar-refractivity contribution is 0.161. The van der Waals surface area contributed by atoms with Crippen LogP contribution in [0.4, 0.5) is 0 Å². The normalized spacial score (nSPS) is 14.5. The van der Waals surface area contributed by atoms with Gasteiger partial charge in [0, 0.05) is 16.7 Å². The minimum absolute atomic E-state index is 0.628. The van der Waals surface area contributed by atoms with Crippen molar-refractivity contribution in [2.75, 3.05) is 0 Å². The fourth-order valence-corrected chi connectivity index (χ4v) is 4.02. The first kappa shape index (κ1) is 16.8. The average molecular weight is 362 g/mol. The van der Waals surface area contributed by atoms with Crippen molar-refractivity contribution in [2.24, 2.45) is 0 Å². The lowest BCUT2D eigenvalue weighted by Gasteiger charge is -2.36. The quantitative estimate of drug-likeness (QED) is 0.381. The first-order valence-corrected chi connectivity index (χ1v) is 9.70. The highest BCUT2D eigenvalue weighted by molar-refractivity contribution is 5.94. The van der Waals surface area contributed by atoms with E-state index in [4.69, 9.17) is 4.74 Å². The number of fused-ring (bicyclic) bond motifs is 3. The largest absolute Gasteiger partial charge is 0.473 e. The van der Waals surface area contributed by atoms with Crippen LogP contribution in [0.3, 0.4) is 0 Å². The molecule has 0 spiro atoms. The van der Waals surface area contributed by atoms with Crippen molar-refractivity contribution in [1.29, 1.82) is 0 Å². The molecule has 1 aliphatic heterocycles. The SMILES string of the molecule is Cc1ccc(C2(c3ccc(C)cc3)C=Cc3c(ccc4ccccc34)O2)cc1. The minimum atomic E-state index is -0.628. The molecule has 28 heavy (non-hydrogen) atoms. The topological polar surface area (TPSA) is 9.23 Å². The number of hydrogen-bond donors (Lipinski definition) is 0. The van der Waals surface area contributed by atoms with E-state index in [0.717, 1.165) is 22.4 Å². The Kier molecular flexibility index (Phi) is 3.84. The van der Waals surface area contributed by atoms with Gasteiger partial charge in [-0.2, -0.15) is 0 Å². The Balaban J connectivity index is 1.73. The van der Waals surface area contributed by atoms with E-state index in [2.05, 4.69) is 111 Å². The number of benzene rings is 4. The van der Waals surface area contributed by atoms with E-state index in [0.29, 0.717) is 0 Å². The zero-order valence-electron chi connectivity index (χ0n) is 16.1. The summed E-state index contributed by atoms with van der Waals surface area (Å²) in [6.45, 7) is 4.22. The molecule has 0 atom stereocenters. The van der Waals surface area contributed by atoms with Crippen LogP contribution in [0, 0.1) is 13.8 Å². The molecule has 0 bridgehead atoms. The fraction of sp³-hybridized carbons (Fsp3) is 0.111. The lowest BCUT2D eigenvalue weighted by atomic mass is 9.82. The Bertz CT molecular complexity index is 1140. The van der Waals surface area contributed by atoms with Crippen molar-refractivity contribution >= 4 is 16.8 Å². The van der Waals surface area contributed by atoms with Crippen LogP contribution in [0.2, 0.25) is 0 Å². The summed E-state index contributed by atoms with van der Waals surface area (Å²) in [5.41, 5.74) is 5.28. The van der Waals surface area contributed by atoms with Gasteiger partial charge in [-0.15, -0.1) is 0 Å². The maximum atomic E-state index is 6.79. The van der Waals surface area contributed by atoms with Gasteiger partial charge in [-0.25, -0.2) is 0 Å². The molecule has 0 unspecified atom stereocenters. The van der Waals surface area contributed by atoms with Crippen molar-refractivity contribution in [2.45, 2.75) is 19.4 Å². The molecular weight excluding hydrogens is 340 g/mol. The summed E-state index contributed by atoms with van der Waals surface area (Å²) < 4.78 is 6.79. The summed E-state index contributed by atoms with van der Waals surface area (Å²) in [4.78, 5) is 0. The molecule has 0 amide bonds. The van der Waals surface area contributed by atoms with E-state index in [1.807, 2.05) is 0 Å². The van der Waals surface area contributed by atoms with Crippen molar-refractivity contribution in [1.82, 2.24) is 0 Å². The van der Waals surface area contributed by atoms with Crippen LogP contribution >= 0.6 is 0 Å². The minimum Gasteiger partial charge on any atom is -0.473 e. The number of rotatable bonds is 2. The second kappa shape index (κ2) is 6.38. The molecule has 0 radical (unpaired) electrons. The molecule has 0 saturated heterocycles. The monoisotopic (exact) mass is 362 g/mol. The van der Waals surface area contributed by atoms with Crippen LogP contribution in [0.25, 0.3) is 16.8 Å². The van der Waals surface area contributed by atoms with Crippen LogP contribution < -0.4 is 4.74 Å². The molecule has 1 aliphatic rings. The van der Waals surface area contributed by atoms with Gasteiger partial charge in [0.2, 0.25) is 0 Å². The van der Waals surface area contributed by atoms with Gasteiger partial charge in [0.1, 0.15) is 5.75 Å². The fourth-order valence-electron chi connectivity index (χ4n) is 4.02. The molecular formula is C27H22O. The van der Waals surface area contributed by atoms with Gasteiger partial charge in [-0.3, -0.25) is 0 Å². The maximum absolute atomic E-state index is 6.79. The Hall–Kier alpha value is -3.32. The molecule has 5 rings (SSSR count). The number of hydrogen-bond acceptors (Lipinski definition) is 1. The summed E-state index contributed by atoms with van der Waals surface area (Å²) in [7, 11) is 0. The second-order valence-corrected chi connectivity index (χ2v) is 7.60. The first-order valence-electron chi connectivity index (χ1n) is 9.70. The molecule has 0 aliphatic carbocycles. The maximum Gasteiger partial charge on any atom is 0.178 e. The highest BCUT2D eigenvalue weighted by Crippen LogP contribution is 2.44. The molecule has 136 valence electrons. The Morgan fingerprint density at radius 2 is 1.25 bits per heavy atom. The predicted molar refractivity (Wildman–Crippen MR) is 117 cm³/mol. The van der Waals surface area contributed by atoms with E-state index < -0.39 is 5.60 Å². The van der Waals surface area contributed by atoms with E-state index in [-0.39, 0.29) is 0 Å². The zero-order chi connectivity index (χ0) is 19.1. The summed E-state index contributed by atoms with van der Waals surface area (Å²) >= 11 is 0. The van der Waals surface area contributed by atoms with Gasteiger partial charge in [-0.1, -0.05) is 90.0 Å². The van der Waals surface area contributed by atoms with Crippen LogP contribution in [-0.4, -0.2) is 0 Å². The van der Waals surface area contributed by atoms with Gasteiger partial charge in [0.15, 0.2) is 5.60 Å². The van der Waals surface area contributed by atoms with Crippen LogP contribution in [0.15, 0.2) is 91.0 Å². The molecule has 0 saturated carbocycles. The first-order chi connectivity index (χ1) is 13.7. The van der Waals surface area contributed by atoms with Crippen LogP contribution in [0.1, 0.15) is 27.8 Å². The lowest BCUT2D eigenvalue weighted by Crippen LogP contribution is -2.34. The molecule has 1 heterocycles. The summed E-state index contributed by atoms with van der Waals surface area (Å²) in [6, 6.07) is 30.0. The van der Waals surface area contributed by atoms with E-state index in [1.54, 1.807) is 0 Å². The second-order valence-electron chi connectivity index (χ2n) is 7.60. The average Bonchev–Trinajstić information content (AvgIpc) is 2.74. The molecule has 0 N–H and O–H groups in total. The van der Waals surface area contributed by atoms with E-state index in [9.17, 15) is 0 Å². The zero-order valence-corrected chi connectivity index (χ0v) is 16.1. The Morgan fingerprint density at radius 3 is 1.89 bits per heavy atom. The van der Waals surface area contributed by atoms with Gasteiger partial charge >= 0.3 is 0 Å². The molecule has 4 aromatic carbocycles. The van der Waals surface area contributed by atoms with Gasteiger partial charge in [-0.05, 0) is 42.8 Å². The van der Waals surface area contributed by atoms with E-state index in [1.165, 1.54) is 21.9 Å². The third-order valence-corrected chi connectivity index (χ3v) is 5.65. The molecule has 1 nitrogen and oxygen atoms in total. The number of ether oxygens (including phenoxy) is 1. The van der Waals surface area contributed by atoms with Crippen LogP contribution in [-0.2, 0) is 5.60 Å². The predicted octanol–water partition coefficient (Wildman–Crippen LogP) is 6.81. The van der Waals surface area contributed by atoms with Crippen LogP contribution in [0.5, 0.6) is 5.75 Å². The number of aryl methyl sites for hydroxylation is 2. The molecule has 0 aromatic heterocycles. The van der Waals surface area contributed by atoms with Gasteiger partial charge < -0.3 is 4.74 Å². The highest BCUT2D eigenvalue weighted by Gasteiger charge is 2.37.